The van der Waals surface area contributed by atoms with Crippen molar-refractivity contribution in [3.05, 3.63) is 156 Å². The summed E-state index contributed by atoms with van der Waals surface area (Å²) in [5.74, 6) is -2.64. The number of fused-ring (bicyclic) bond motifs is 1. The second-order valence-electron chi connectivity index (χ2n) is 13.2. The average Bonchev–Trinajstić information content (AvgIpc) is 3.14. The number of nitrogens with zero attached hydrogens (tertiary/aromatic N) is 1. The first-order chi connectivity index (χ1) is 24.3. The van der Waals surface area contributed by atoms with Gasteiger partial charge in [0.05, 0.1) is 5.92 Å². The average molecular weight is 671 g/mol. The molecule has 0 saturated carbocycles. The molecule has 2 amide bonds. The minimum atomic E-state index is -1.24. The van der Waals surface area contributed by atoms with Crippen LogP contribution in [0.1, 0.15) is 48.4 Å². The number of aryl methyl sites for hydroxylation is 1. The van der Waals surface area contributed by atoms with Gasteiger partial charge in [0.2, 0.25) is 0 Å². The zero-order chi connectivity index (χ0) is 35.3. The number of hydrogen-bond acceptors (Lipinski definition) is 4. The zero-order valence-corrected chi connectivity index (χ0v) is 28.8. The molecule has 0 radical (unpaired) electrons. The van der Waals surface area contributed by atoms with E-state index >= 15 is 0 Å². The van der Waals surface area contributed by atoms with Crippen LogP contribution in [0.5, 0.6) is 0 Å². The van der Waals surface area contributed by atoms with E-state index in [4.69, 9.17) is 4.74 Å². The van der Waals surface area contributed by atoms with Crippen LogP contribution in [0.25, 0.3) is 10.8 Å². The van der Waals surface area contributed by atoms with E-state index in [2.05, 4.69) is 5.32 Å². The summed E-state index contributed by atoms with van der Waals surface area (Å²) in [5, 5.41) is 15.6. The van der Waals surface area contributed by atoms with E-state index in [1.807, 2.05) is 147 Å². The van der Waals surface area contributed by atoms with Crippen molar-refractivity contribution in [2.45, 2.75) is 51.7 Å². The summed E-state index contributed by atoms with van der Waals surface area (Å²) in [6, 6.07) is 41.2. The number of carbonyl (C=O) groups is 3. The van der Waals surface area contributed by atoms with Crippen LogP contribution in [-0.2, 0) is 33.8 Å². The monoisotopic (exact) mass is 670 g/mol. The van der Waals surface area contributed by atoms with Crippen molar-refractivity contribution in [2.75, 3.05) is 13.1 Å². The molecule has 0 heterocycles. The number of rotatable bonds is 16. The van der Waals surface area contributed by atoms with Gasteiger partial charge in [0.25, 0.3) is 0 Å². The van der Waals surface area contributed by atoms with Crippen LogP contribution in [0.4, 0.5) is 4.79 Å². The molecule has 7 nitrogen and oxygen atoms in total. The summed E-state index contributed by atoms with van der Waals surface area (Å²) >= 11 is 0. The topological polar surface area (TPSA) is 95.9 Å². The second kappa shape index (κ2) is 17.8. The molecule has 0 aliphatic rings. The van der Waals surface area contributed by atoms with Gasteiger partial charge in [0.1, 0.15) is 12.6 Å². The van der Waals surface area contributed by atoms with Gasteiger partial charge in [-0.3, -0.25) is 4.79 Å². The van der Waals surface area contributed by atoms with Crippen molar-refractivity contribution >= 4 is 28.7 Å². The van der Waals surface area contributed by atoms with Gasteiger partial charge in [0, 0.05) is 19.0 Å². The molecule has 0 aromatic heterocycles. The molecule has 0 bridgehead atoms. The van der Waals surface area contributed by atoms with E-state index < -0.39 is 29.9 Å². The largest absolute Gasteiger partial charge is 0.480 e. The minimum Gasteiger partial charge on any atom is -0.480 e. The van der Waals surface area contributed by atoms with Gasteiger partial charge in [-0.05, 0) is 58.2 Å². The lowest BCUT2D eigenvalue weighted by Gasteiger charge is -2.32. The van der Waals surface area contributed by atoms with Crippen LogP contribution in [-0.4, -0.2) is 47.1 Å². The highest BCUT2D eigenvalue weighted by molar-refractivity contribution is 5.89. The predicted octanol–water partition coefficient (Wildman–Crippen LogP) is 8.28. The highest BCUT2D eigenvalue weighted by Gasteiger charge is 2.35. The lowest BCUT2D eigenvalue weighted by molar-refractivity contribution is -0.150. The number of carbonyl (C=O) groups excluding carboxylic acids is 2. The fourth-order valence-electron chi connectivity index (χ4n) is 6.47. The minimum absolute atomic E-state index is 0.0670. The lowest BCUT2D eigenvalue weighted by atomic mass is 9.83. The normalized spacial score (nSPS) is 12.9. The third-order valence-electron chi connectivity index (χ3n) is 8.96. The van der Waals surface area contributed by atoms with E-state index in [1.54, 1.807) is 4.90 Å². The van der Waals surface area contributed by atoms with Gasteiger partial charge in [-0.2, -0.15) is 0 Å². The number of hydrogen-bond donors (Lipinski definition) is 2. The van der Waals surface area contributed by atoms with Crippen LogP contribution in [0.2, 0.25) is 0 Å². The van der Waals surface area contributed by atoms with Crippen molar-refractivity contribution in [3.63, 3.8) is 0 Å². The van der Waals surface area contributed by atoms with E-state index in [-0.39, 0.29) is 25.0 Å². The van der Waals surface area contributed by atoms with Crippen molar-refractivity contribution in [3.8, 4) is 0 Å². The van der Waals surface area contributed by atoms with Crippen molar-refractivity contribution in [1.82, 2.24) is 10.2 Å². The molecule has 258 valence electrons. The standard InChI is InChI=1S/C43H46N2O5/c1-31(2)28-45(29-36(26-25-32-15-6-3-7-16-32)42(48)50-30-34-19-10-5-11-20-34)43(49)44-40(41(46)47)39(27-33-17-8-4-9-18-33)38-24-14-22-35-21-12-13-23-37(35)38/h3-24,31,36,39-40H,25-30H2,1-2H3,(H,44,49)(H,46,47)/t36-,39?,40-/m0/s1. The third kappa shape index (κ3) is 10.0. The van der Waals surface area contributed by atoms with Gasteiger partial charge in [-0.1, -0.05) is 147 Å². The van der Waals surface area contributed by atoms with Crippen LogP contribution < -0.4 is 5.32 Å². The van der Waals surface area contributed by atoms with Crippen molar-refractivity contribution < 1.29 is 24.2 Å². The van der Waals surface area contributed by atoms with Gasteiger partial charge in [-0.25, -0.2) is 9.59 Å². The molecule has 0 aliphatic carbocycles. The Hall–Kier alpha value is -5.43. The molecule has 1 unspecified atom stereocenters. The molecule has 0 fully saturated rings. The first kappa shape index (κ1) is 35.9. The summed E-state index contributed by atoms with van der Waals surface area (Å²) in [4.78, 5) is 42.6. The Bertz CT molecular complexity index is 1820. The van der Waals surface area contributed by atoms with Crippen LogP contribution in [0, 0.1) is 11.8 Å². The van der Waals surface area contributed by atoms with Gasteiger partial charge >= 0.3 is 18.0 Å². The summed E-state index contributed by atoms with van der Waals surface area (Å²) in [7, 11) is 0. The molecule has 0 aliphatic heterocycles. The predicted molar refractivity (Wildman–Crippen MR) is 198 cm³/mol. The molecule has 5 aromatic rings. The highest BCUT2D eigenvalue weighted by atomic mass is 16.5. The molecule has 3 atom stereocenters. The first-order valence-corrected chi connectivity index (χ1v) is 17.3. The summed E-state index contributed by atoms with van der Waals surface area (Å²) in [5.41, 5.74) is 3.77. The van der Waals surface area contributed by atoms with Crippen LogP contribution >= 0.6 is 0 Å². The molecule has 5 rings (SSSR count). The first-order valence-electron chi connectivity index (χ1n) is 17.3. The van der Waals surface area contributed by atoms with E-state index in [1.165, 1.54) is 0 Å². The highest BCUT2D eigenvalue weighted by Crippen LogP contribution is 2.31. The maximum Gasteiger partial charge on any atom is 0.326 e. The molecule has 50 heavy (non-hydrogen) atoms. The number of esters is 1. The summed E-state index contributed by atoms with van der Waals surface area (Å²) in [6.07, 6.45) is 1.50. The Labute approximate surface area is 294 Å². The fourth-order valence-corrected chi connectivity index (χ4v) is 6.47. The molecule has 7 heteroatoms. The van der Waals surface area contributed by atoms with Gasteiger partial charge < -0.3 is 20.1 Å². The molecule has 0 saturated heterocycles. The van der Waals surface area contributed by atoms with Gasteiger partial charge in [-0.15, -0.1) is 0 Å². The number of ether oxygens (including phenoxy) is 1. The van der Waals surface area contributed by atoms with Crippen molar-refractivity contribution in [2.24, 2.45) is 11.8 Å². The SMILES string of the molecule is CC(C)CN(C[C@H](CCc1ccccc1)C(=O)OCc1ccccc1)C(=O)N[C@H](C(=O)O)C(Cc1ccccc1)c1cccc2ccccc12. The van der Waals surface area contributed by atoms with E-state index in [0.717, 1.165) is 33.0 Å². The fraction of sp³-hybridized carbons (Fsp3) is 0.279. The Kier molecular flexibility index (Phi) is 12.8. The quantitative estimate of drug-likeness (QED) is 0.103. The lowest BCUT2D eigenvalue weighted by Crippen LogP contribution is -2.53. The zero-order valence-electron chi connectivity index (χ0n) is 28.8. The number of carboxylic acids is 1. The molecular formula is C43H46N2O5. The number of amides is 2. The Morgan fingerprint density at radius 2 is 1.28 bits per heavy atom. The van der Waals surface area contributed by atoms with Crippen LogP contribution in [0.15, 0.2) is 133 Å². The Balaban J connectivity index is 1.42. The molecule has 5 aromatic carbocycles. The van der Waals surface area contributed by atoms with Crippen molar-refractivity contribution in [1.29, 1.82) is 0 Å². The number of urea groups is 1. The number of benzene rings is 5. The summed E-state index contributed by atoms with van der Waals surface area (Å²) < 4.78 is 5.80. The molecule has 2 N–H and O–H groups in total. The van der Waals surface area contributed by atoms with Gasteiger partial charge in [0.15, 0.2) is 0 Å². The molecule has 0 spiro atoms. The molecular weight excluding hydrogens is 624 g/mol. The third-order valence-corrected chi connectivity index (χ3v) is 8.96. The second-order valence-corrected chi connectivity index (χ2v) is 13.2. The maximum absolute atomic E-state index is 14.3. The maximum atomic E-state index is 14.3. The number of aliphatic carboxylic acids is 1. The smallest absolute Gasteiger partial charge is 0.326 e. The summed E-state index contributed by atoms with van der Waals surface area (Å²) in [6.45, 7) is 4.55. The van der Waals surface area contributed by atoms with E-state index in [0.29, 0.717) is 25.8 Å². The van der Waals surface area contributed by atoms with Crippen LogP contribution in [0.3, 0.4) is 0 Å². The Morgan fingerprint density at radius 3 is 1.92 bits per heavy atom. The Morgan fingerprint density at radius 1 is 0.700 bits per heavy atom. The number of nitrogens with one attached hydrogen (secondary N) is 1. The van der Waals surface area contributed by atoms with E-state index in [9.17, 15) is 19.5 Å². The number of carboxylic acid groups (broad SMARTS) is 1.